The largest absolute Gasteiger partial charge is 0.497 e. The van der Waals surface area contributed by atoms with Crippen molar-refractivity contribution in [3.63, 3.8) is 0 Å². The van der Waals surface area contributed by atoms with Crippen LogP contribution in [0.15, 0.2) is 60.7 Å². The van der Waals surface area contributed by atoms with Gasteiger partial charge in [-0.3, -0.25) is 0 Å². The molecule has 1 heterocycles. The molecule has 136 valence electrons. The van der Waals surface area contributed by atoms with Crippen LogP contribution in [0.2, 0.25) is 0 Å². The Hall–Kier alpha value is -3.54. The predicted molar refractivity (Wildman–Crippen MR) is 104 cm³/mol. The van der Waals surface area contributed by atoms with E-state index in [0.717, 1.165) is 22.3 Å². The molecular weight excluding hydrogens is 348 g/mol. The second kappa shape index (κ2) is 6.64. The number of ether oxygens (including phenoxy) is 1. The summed E-state index contributed by atoms with van der Waals surface area (Å²) in [6.45, 7) is 0. The summed E-state index contributed by atoms with van der Waals surface area (Å²) in [6.07, 6.45) is 0. The second-order valence-corrected chi connectivity index (χ2v) is 6.16. The summed E-state index contributed by atoms with van der Waals surface area (Å²) in [4.78, 5) is 3.06. The van der Waals surface area contributed by atoms with E-state index in [2.05, 4.69) is 10.3 Å². The third kappa shape index (κ3) is 3.17. The minimum Gasteiger partial charge on any atom is -0.497 e. The standard InChI is InChI=1S/C21H17F2N3O/c1-27-14-6-8-19(17(24)11-14)25-13-5-7-18-12(9-13)10-20(26-18)21-15(22)3-2-4-16(21)23/h2-11,25-26H,24H2,1H3. The van der Waals surface area contributed by atoms with Crippen LogP contribution in [-0.2, 0) is 0 Å². The fraction of sp³-hybridized carbons (Fsp3) is 0.0476. The Bertz CT molecular complexity index is 1120. The third-order valence-electron chi connectivity index (χ3n) is 4.39. The van der Waals surface area contributed by atoms with Crippen LogP contribution >= 0.6 is 0 Å². The van der Waals surface area contributed by atoms with Gasteiger partial charge in [-0.05, 0) is 48.5 Å². The summed E-state index contributed by atoms with van der Waals surface area (Å²) in [5.41, 5.74) is 9.24. The lowest BCUT2D eigenvalue weighted by Gasteiger charge is -2.10. The molecule has 0 bridgehead atoms. The van der Waals surface area contributed by atoms with Gasteiger partial charge in [-0.1, -0.05) is 6.07 Å². The number of anilines is 3. The van der Waals surface area contributed by atoms with E-state index in [1.165, 1.54) is 18.2 Å². The van der Waals surface area contributed by atoms with Gasteiger partial charge in [0, 0.05) is 22.7 Å². The monoisotopic (exact) mass is 365 g/mol. The van der Waals surface area contributed by atoms with Crippen molar-refractivity contribution < 1.29 is 13.5 Å². The lowest BCUT2D eigenvalue weighted by Crippen LogP contribution is -1.96. The van der Waals surface area contributed by atoms with Gasteiger partial charge in [0.15, 0.2) is 0 Å². The smallest absolute Gasteiger partial charge is 0.135 e. The van der Waals surface area contributed by atoms with Gasteiger partial charge in [-0.15, -0.1) is 0 Å². The minimum absolute atomic E-state index is 0.0670. The lowest BCUT2D eigenvalue weighted by atomic mass is 10.1. The fourth-order valence-electron chi connectivity index (χ4n) is 3.04. The number of rotatable bonds is 4. The number of fused-ring (bicyclic) bond motifs is 1. The maximum Gasteiger partial charge on any atom is 0.135 e. The number of nitrogen functional groups attached to an aromatic ring is 1. The number of aromatic amines is 1. The van der Waals surface area contributed by atoms with E-state index in [1.54, 1.807) is 19.2 Å². The zero-order valence-corrected chi connectivity index (χ0v) is 14.5. The minimum atomic E-state index is -0.606. The van der Waals surface area contributed by atoms with E-state index in [9.17, 15) is 8.78 Å². The number of halogens is 2. The Labute approximate surface area is 154 Å². The highest BCUT2D eigenvalue weighted by Gasteiger charge is 2.13. The van der Waals surface area contributed by atoms with Crippen LogP contribution < -0.4 is 15.8 Å². The van der Waals surface area contributed by atoms with E-state index in [-0.39, 0.29) is 5.56 Å². The van der Waals surface area contributed by atoms with Crippen LogP contribution in [0.5, 0.6) is 5.75 Å². The summed E-state index contributed by atoms with van der Waals surface area (Å²) < 4.78 is 33.2. The highest BCUT2D eigenvalue weighted by molar-refractivity contribution is 5.89. The molecule has 0 amide bonds. The van der Waals surface area contributed by atoms with E-state index >= 15 is 0 Å². The van der Waals surface area contributed by atoms with E-state index < -0.39 is 11.6 Å². The molecule has 0 atom stereocenters. The SMILES string of the molecule is COc1ccc(Nc2ccc3[nH]c(-c4c(F)cccc4F)cc3c2)c(N)c1. The average Bonchev–Trinajstić information content (AvgIpc) is 3.06. The molecule has 0 aliphatic heterocycles. The van der Waals surface area contributed by atoms with Crippen LogP contribution in [0, 0.1) is 11.6 Å². The van der Waals surface area contributed by atoms with Gasteiger partial charge in [0.1, 0.15) is 17.4 Å². The number of methoxy groups -OCH3 is 1. The molecule has 6 heteroatoms. The Kier molecular flexibility index (Phi) is 4.16. The summed E-state index contributed by atoms with van der Waals surface area (Å²) >= 11 is 0. The Balaban J connectivity index is 1.69. The molecule has 1 aromatic heterocycles. The van der Waals surface area contributed by atoms with Crippen LogP contribution in [-0.4, -0.2) is 12.1 Å². The van der Waals surface area contributed by atoms with Crippen molar-refractivity contribution in [3.8, 4) is 17.0 Å². The van der Waals surface area contributed by atoms with Gasteiger partial charge >= 0.3 is 0 Å². The Morgan fingerprint density at radius 2 is 1.74 bits per heavy atom. The van der Waals surface area contributed by atoms with Crippen molar-refractivity contribution in [2.75, 3.05) is 18.2 Å². The Morgan fingerprint density at radius 1 is 0.963 bits per heavy atom. The summed E-state index contributed by atoms with van der Waals surface area (Å²) in [5.74, 6) is -0.535. The van der Waals surface area contributed by atoms with E-state index in [0.29, 0.717) is 17.1 Å². The van der Waals surface area contributed by atoms with Crippen molar-refractivity contribution in [1.29, 1.82) is 0 Å². The third-order valence-corrected chi connectivity index (χ3v) is 4.39. The van der Waals surface area contributed by atoms with Gasteiger partial charge in [-0.25, -0.2) is 8.78 Å². The van der Waals surface area contributed by atoms with Gasteiger partial charge in [-0.2, -0.15) is 0 Å². The number of hydrogen-bond acceptors (Lipinski definition) is 3. The highest BCUT2D eigenvalue weighted by atomic mass is 19.1. The molecule has 4 aromatic rings. The van der Waals surface area contributed by atoms with E-state index in [1.807, 2.05) is 30.3 Å². The molecule has 4 rings (SSSR count). The van der Waals surface area contributed by atoms with Crippen molar-refractivity contribution in [3.05, 3.63) is 72.3 Å². The number of benzene rings is 3. The molecule has 0 fully saturated rings. The van der Waals surface area contributed by atoms with Gasteiger partial charge in [0.25, 0.3) is 0 Å². The average molecular weight is 365 g/mol. The molecule has 27 heavy (non-hydrogen) atoms. The Morgan fingerprint density at radius 3 is 2.44 bits per heavy atom. The van der Waals surface area contributed by atoms with Gasteiger partial charge < -0.3 is 20.8 Å². The first-order valence-electron chi connectivity index (χ1n) is 8.33. The molecular formula is C21H17F2N3O. The number of nitrogens with two attached hydrogens (primary N) is 1. The first kappa shape index (κ1) is 16.9. The topological polar surface area (TPSA) is 63.1 Å². The van der Waals surface area contributed by atoms with Crippen molar-refractivity contribution in [2.45, 2.75) is 0 Å². The van der Waals surface area contributed by atoms with Gasteiger partial charge in [0.2, 0.25) is 0 Å². The van der Waals surface area contributed by atoms with Crippen molar-refractivity contribution >= 4 is 28.0 Å². The highest BCUT2D eigenvalue weighted by Crippen LogP contribution is 2.32. The molecule has 0 spiro atoms. The van der Waals surface area contributed by atoms with Crippen LogP contribution in [0.1, 0.15) is 0 Å². The van der Waals surface area contributed by atoms with Crippen LogP contribution in [0.3, 0.4) is 0 Å². The zero-order chi connectivity index (χ0) is 19.0. The maximum absolute atomic E-state index is 14.0. The molecule has 0 saturated carbocycles. The first-order valence-corrected chi connectivity index (χ1v) is 8.33. The number of H-pyrrole nitrogens is 1. The van der Waals surface area contributed by atoms with Gasteiger partial charge in [0.05, 0.1) is 29.7 Å². The lowest BCUT2D eigenvalue weighted by molar-refractivity contribution is 0.415. The number of aromatic nitrogens is 1. The summed E-state index contributed by atoms with van der Waals surface area (Å²) in [5, 5.41) is 4.07. The molecule has 4 N–H and O–H groups in total. The molecule has 4 nitrogen and oxygen atoms in total. The first-order chi connectivity index (χ1) is 13.0. The zero-order valence-electron chi connectivity index (χ0n) is 14.5. The quantitative estimate of drug-likeness (QED) is 0.422. The normalized spacial score (nSPS) is 10.9. The van der Waals surface area contributed by atoms with Crippen LogP contribution in [0.4, 0.5) is 25.8 Å². The summed E-state index contributed by atoms with van der Waals surface area (Å²) in [6, 6.07) is 16.5. The number of hydrogen-bond donors (Lipinski definition) is 3. The molecule has 0 aliphatic carbocycles. The predicted octanol–water partition coefficient (Wildman–Crippen LogP) is 5.45. The number of nitrogens with one attached hydrogen (secondary N) is 2. The van der Waals surface area contributed by atoms with Crippen molar-refractivity contribution in [1.82, 2.24) is 4.98 Å². The molecule has 0 saturated heterocycles. The maximum atomic E-state index is 14.0. The second-order valence-electron chi connectivity index (χ2n) is 6.16. The van der Waals surface area contributed by atoms with E-state index in [4.69, 9.17) is 10.5 Å². The van der Waals surface area contributed by atoms with Crippen LogP contribution in [0.25, 0.3) is 22.2 Å². The molecule has 0 radical (unpaired) electrons. The summed E-state index contributed by atoms with van der Waals surface area (Å²) in [7, 11) is 1.58. The molecule has 3 aromatic carbocycles. The fourth-order valence-corrected chi connectivity index (χ4v) is 3.04. The molecule has 0 unspecified atom stereocenters. The van der Waals surface area contributed by atoms with Crippen molar-refractivity contribution in [2.24, 2.45) is 0 Å². The molecule has 0 aliphatic rings.